The maximum atomic E-state index is 11.6. The van der Waals surface area contributed by atoms with Gasteiger partial charge in [-0.05, 0) is 30.3 Å². The summed E-state index contributed by atoms with van der Waals surface area (Å²) in [5.74, 6) is 0.322. The molecule has 1 aromatic heterocycles. The predicted molar refractivity (Wildman–Crippen MR) is 87.2 cm³/mol. The molecule has 0 bridgehead atoms. The van der Waals surface area contributed by atoms with E-state index in [0.717, 1.165) is 5.56 Å². The van der Waals surface area contributed by atoms with Crippen molar-refractivity contribution in [3.63, 3.8) is 0 Å². The average Bonchev–Trinajstić information content (AvgIpc) is 2.60. The van der Waals surface area contributed by atoms with Gasteiger partial charge >= 0.3 is 5.97 Å². The van der Waals surface area contributed by atoms with Crippen LogP contribution in [0.4, 0.5) is 0 Å². The molecule has 3 aromatic rings. The zero-order valence-corrected chi connectivity index (χ0v) is 12.7. The first kappa shape index (κ1) is 14.8. The molecule has 0 radical (unpaired) electrons. The third-order valence-corrected chi connectivity index (χ3v) is 3.61. The highest BCUT2D eigenvalue weighted by molar-refractivity contribution is 6.04. The van der Waals surface area contributed by atoms with E-state index in [-0.39, 0.29) is 5.56 Å². The summed E-state index contributed by atoms with van der Waals surface area (Å²) in [6, 6.07) is 14.1. The molecule has 2 aromatic carbocycles. The van der Waals surface area contributed by atoms with Crippen LogP contribution in [0.2, 0.25) is 0 Å². The molecule has 0 aliphatic rings. The van der Waals surface area contributed by atoms with E-state index in [9.17, 15) is 9.90 Å². The molecule has 5 heteroatoms. The standard InChI is InChI=1S/C18H15NO4/c1-22-12-5-3-4-11(8-12)16-10-15(18(20)21)14-7-6-13(23-2)9-17(14)19-16/h3-10H,1-2H3,(H,20,21). The van der Waals surface area contributed by atoms with Crippen LogP contribution in [0.3, 0.4) is 0 Å². The highest BCUT2D eigenvalue weighted by Crippen LogP contribution is 2.29. The number of carboxylic acids is 1. The van der Waals surface area contributed by atoms with Crippen molar-refractivity contribution in [1.29, 1.82) is 0 Å². The first-order valence-corrected chi connectivity index (χ1v) is 6.99. The number of rotatable bonds is 4. The minimum absolute atomic E-state index is 0.204. The molecule has 3 rings (SSSR count). The summed E-state index contributed by atoms with van der Waals surface area (Å²) in [5.41, 5.74) is 2.14. The van der Waals surface area contributed by atoms with Gasteiger partial charge in [-0.15, -0.1) is 0 Å². The summed E-state index contributed by atoms with van der Waals surface area (Å²) >= 11 is 0. The minimum Gasteiger partial charge on any atom is -0.497 e. The highest BCUT2D eigenvalue weighted by Gasteiger charge is 2.14. The summed E-state index contributed by atoms with van der Waals surface area (Å²) < 4.78 is 10.4. The van der Waals surface area contributed by atoms with Crippen molar-refractivity contribution in [2.24, 2.45) is 0 Å². The number of nitrogens with zero attached hydrogens (tertiary/aromatic N) is 1. The number of ether oxygens (including phenoxy) is 2. The van der Waals surface area contributed by atoms with E-state index in [0.29, 0.717) is 28.1 Å². The van der Waals surface area contributed by atoms with Gasteiger partial charge in [0.05, 0.1) is 31.0 Å². The van der Waals surface area contributed by atoms with Gasteiger partial charge in [-0.1, -0.05) is 12.1 Å². The molecular weight excluding hydrogens is 294 g/mol. The summed E-state index contributed by atoms with van der Waals surface area (Å²) in [5, 5.41) is 10.1. The van der Waals surface area contributed by atoms with Gasteiger partial charge in [0.15, 0.2) is 0 Å². The van der Waals surface area contributed by atoms with E-state index < -0.39 is 5.97 Å². The molecule has 116 valence electrons. The van der Waals surface area contributed by atoms with Crippen molar-refractivity contribution in [3.8, 4) is 22.8 Å². The van der Waals surface area contributed by atoms with Crippen LogP contribution >= 0.6 is 0 Å². The van der Waals surface area contributed by atoms with Crippen LogP contribution in [0.15, 0.2) is 48.5 Å². The van der Waals surface area contributed by atoms with E-state index >= 15 is 0 Å². The van der Waals surface area contributed by atoms with Gasteiger partial charge in [0.1, 0.15) is 11.5 Å². The van der Waals surface area contributed by atoms with Crippen LogP contribution in [0, 0.1) is 0 Å². The van der Waals surface area contributed by atoms with Crippen molar-refractivity contribution in [3.05, 3.63) is 54.1 Å². The number of carbonyl (C=O) groups is 1. The average molecular weight is 309 g/mol. The molecule has 0 unspecified atom stereocenters. The molecule has 0 atom stereocenters. The van der Waals surface area contributed by atoms with Crippen molar-refractivity contribution in [2.75, 3.05) is 14.2 Å². The lowest BCUT2D eigenvalue weighted by Crippen LogP contribution is -2.00. The molecule has 1 N–H and O–H groups in total. The van der Waals surface area contributed by atoms with Gasteiger partial charge in [-0.3, -0.25) is 0 Å². The molecule has 0 fully saturated rings. The third kappa shape index (κ3) is 2.81. The van der Waals surface area contributed by atoms with Gasteiger partial charge in [-0.2, -0.15) is 0 Å². The smallest absolute Gasteiger partial charge is 0.336 e. The second-order valence-electron chi connectivity index (χ2n) is 4.98. The number of fused-ring (bicyclic) bond motifs is 1. The van der Waals surface area contributed by atoms with E-state index in [1.807, 2.05) is 24.3 Å². The zero-order valence-electron chi connectivity index (χ0n) is 12.7. The number of aromatic carboxylic acids is 1. The predicted octanol–water partition coefficient (Wildman–Crippen LogP) is 3.62. The van der Waals surface area contributed by atoms with E-state index in [4.69, 9.17) is 9.47 Å². The second-order valence-corrected chi connectivity index (χ2v) is 4.98. The Labute approximate surface area is 133 Å². The van der Waals surface area contributed by atoms with Crippen molar-refractivity contribution < 1.29 is 19.4 Å². The fraction of sp³-hybridized carbons (Fsp3) is 0.111. The van der Waals surface area contributed by atoms with Crippen LogP contribution in [0.1, 0.15) is 10.4 Å². The molecule has 5 nitrogen and oxygen atoms in total. The Morgan fingerprint density at radius 3 is 2.43 bits per heavy atom. The Balaban J connectivity index is 2.26. The Hall–Kier alpha value is -3.08. The monoisotopic (exact) mass is 309 g/mol. The SMILES string of the molecule is COc1cccc(-c2cc(C(=O)O)c3ccc(OC)cc3n2)c1. The third-order valence-electron chi connectivity index (χ3n) is 3.61. The Bertz CT molecular complexity index is 889. The topological polar surface area (TPSA) is 68.7 Å². The fourth-order valence-electron chi connectivity index (χ4n) is 2.44. The number of hydrogen-bond acceptors (Lipinski definition) is 4. The number of hydrogen-bond donors (Lipinski definition) is 1. The van der Waals surface area contributed by atoms with Crippen LogP contribution < -0.4 is 9.47 Å². The minimum atomic E-state index is -0.994. The summed E-state index contributed by atoms with van der Waals surface area (Å²) in [7, 11) is 3.14. The molecule has 0 saturated carbocycles. The van der Waals surface area contributed by atoms with Crippen molar-refractivity contribution >= 4 is 16.9 Å². The first-order chi connectivity index (χ1) is 11.1. The molecule has 0 aliphatic heterocycles. The lowest BCUT2D eigenvalue weighted by molar-refractivity contribution is 0.0699. The Morgan fingerprint density at radius 1 is 1.00 bits per heavy atom. The lowest BCUT2D eigenvalue weighted by Gasteiger charge is -2.09. The largest absolute Gasteiger partial charge is 0.497 e. The molecule has 23 heavy (non-hydrogen) atoms. The van der Waals surface area contributed by atoms with E-state index in [1.165, 1.54) is 0 Å². The number of aromatic nitrogens is 1. The van der Waals surface area contributed by atoms with Crippen molar-refractivity contribution in [1.82, 2.24) is 4.98 Å². The Kier molecular flexibility index (Phi) is 3.85. The summed E-state index contributed by atoms with van der Waals surface area (Å²) in [4.78, 5) is 16.2. The van der Waals surface area contributed by atoms with Crippen LogP contribution in [-0.2, 0) is 0 Å². The van der Waals surface area contributed by atoms with Crippen LogP contribution in [0.5, 0.6) is 11.5 Å². The number of carboxylic acid groups (broad SMARTS) is 1. The first-order valence-electron chi connectivity index (χ1n) is 6.99. The molecule has 1 heterocycles. The van der Waals surface area contributed by atoms with Gasteiger partial charge in [0.2, 0.25) is 0 Å². The number of methoxy groups -OCH3 is 2. The Morgan fingerprint density at radius 2 is 1.74 bits per heavy atom. The maximum absolute atomic E-state index is 11.6. The maximum Gasteiger partial charge on any atom is 0.336 e. The van der Waals surface area contributed by atoms with E-state index in [1.54, 1.807) is 38.5 Å². The molecular formula is C18H15NO4. The molecule has 0 saturated heterocycles. The van der Waals surface area contributed by atoms with Gasteiger partial charge in [0.25, 0.3) is 0 Å². The molecule has 0 spiro atoms. The van der Waals surface area contributed by atoms with Crippen LogP contribution in [0.25, 0.3) is 22.2 Å². The molecule has 0 aliphatic carbocycles. The van der Waals surface area contributed by atoms with Crippen molar-refractivity contribution in [2.45, 2.75) is 0 Å². The van der Waals surface area contributed by atoms with E-state index in [2.05, 4.69) is 4.98 Å². The fourth-order valence-corrected chi connectivity index (χ4v) is 2.44. The second kappa shape index (κ2) is 5.96. The van der Waals surface area contributed by atoms with Gasteiger partial charge < -0.3 is 14.6 Å². The summed E-state index contributed by atoms with van der Waals surface area (Å²) in [6.45, 7) is 0. The van der Waals surface area contributed by atoms with Crippen LogP contribution in [-0.4, -0.2) is 30.3 Å². The highest BCUT2D eigenvalue weighted by atomic mass is 16.5. The number of pyridine rings is 1. The van der Waals surface area contributed by atoms with Gasteiger partial charge in [0, 0.05) is 17.0 Å². The lowest BCUT2D eigenvalue weighted by atomic mass is 10.0. The zero-order chi connectivity index (χ0) is 16.4. The normalized spacial score (nSPS) is 10.5. The molecule has 0 amide bonds. The number of benzene rings is 2. The van der Waals surface area contributed by atoms with Gasteiger partial charge in [-0.25, -0.2) is 9.78 Å². The quantitative estimate of drug-likeness (QED) is 0.797. The summed E-state index contributed by atoms with van der Waals surface area (Å²) in [6.07, 6.45) is 0.